The van der Waals surface area contributed by atoms with Crippen LogP contribution in [0.4, 0.5) is 11.4 Å². The summed E-state index contributed by atoms with van der Waals surface area (Å²) in [4.78, 5) is 2.40. The molecule has 0 saturated heterocycles. The Morgan fingerprint density at radius 1 is 1.16 bits per heavy atom. The van der Waals surface area contributed by atoms with Crippen molar-refractivity contribution in [2.24, 2.45) is 0 Å². The number of para-hydroxylation sites is 2. The van der Waals surface area contributed by atoms with E-state index in [9.17, 15) is 0 Å². The molecule has 19 heavy (non-hydrogen) atoms. The summed E-state index contributed by atoms with van der Waals surface area (Å²) in [6, 6.07) is 16.7. The van der Waals surface area contributed by atoms with Crippen LogP contribution in [0.5, 0.6) is 5.75 Å². The van der Waals surface area contributed by atoms with Crippen LogP contribution < -0.4 is 15.0 Å². The fourth-order valence-corrected chi connectivity index (χ4v) is 2.50. The lowest BCUT2D eigenvalue weighted by atomic mass is 10.1. The summed E-state index contributed by atoms with van der Waals surface area (Å²) in [5, 5.41) is 3.43. The first-order valence-electron chi connectivity index (χ1n) is 6.57. The van der Waals surface area contributed by atoms with Crippen LogP contribution in [0.1, 0.15) is 5.56 Å². The number of benzene rings is 2. The van der Waals surface area contributed by atoms with E-state index in [0.29, 0.717) is 0 Å². The molecule has 0 aliphatic carbocycles. The van der Waals surface area contributed by atoms with Gasteiger partial charge in [0.05, 0.1) is 18.5 Å². The zero-order valence-corrected chi connectivity index (χ0v) is 11.1. The van der Waals surface area contributed by atoms with Crippen molar-refractivity contribution >= 4 is 11.4 Å². The number of anilines is 2. The SMILES string of the molecule is COc1cccc(CN2CCNc3ccccc32)c1. The predicted octanol–water partition coefficient (Wildman–Crippen LogP) is 3.13. The lowest BCUT2D eigenvalue weighted by Gasteiger charge is -2.32. The normalized spacial score (nSPS) is 13.6. The van der Waals surface area contributed by atoms with Gasteiger partial charge in [-0.3, -0.25) is 0 Å². The molecule has 0 saturated carbocycles. The highest BCUT2D eigenvalue weighted by Gasteiger charge is 2.15. The van der Waals surface area contributed by atoms with Gasteiger partial charge in [0.2, 0.25) is 0 Å². The monoisotopic (exact) mass is 254 g/mol. The van der Waals surface area contributed by atoms with Gasteiger partial charge in [-0.25, -0.2) is 0 Å². The van der Waals surface area contributed by atoms with Crippen LogP contribution in [0.15, 0.2) is 48.5 Å². The Morgan fingerprint density at radius 2 is 2.05 bits per heavy atom. The lowest BCUT2D eigenvalue weighted by Crippen LogP contribution is -2.33. The van der Waals surface area contributed by atoms with Crippen molar-refractivity contribution in [2.45, 2.75) is 6.54 Å². The van der Waals surface area contributed by atoms with Crippen molar-refractivity contribution < 1.29 is 4.74 Å². The number of nitrogens with zero attached hydrogens (tertiary/aromatic N) is 1. The Hall–Kier alpha value is -2.16. The van der Waals surface area contributed by atoms with E-state index >= 15 is 0 Å². The molecular weight excluding hydrogens is 236 g/mol. The van der Waals surface area contributed by atoms with Gasteiger partial charge in [-0.2, -0.15) is 0 Å². The summed E-state index contributed by atoms with van der Waals surface area (Å²) >= 11 is 0. The van der Waals surface area contributed by atoms with E-state index in [-0.39, 0.29) is 0 Å². The summed E-state index contributed by atoms with van der Waals surface area (Å²) in [7, 11) is 1.71. The quantitative estimate of drug-likeness (QED) is 0.910. The number of ether oxygens (including phenoxy) is 1. The molecule has 1 aliphatic heterocycles. The molecule has 0 radical (unpaired) electrons. The topological polar surface area (TPSA) is 24.5 Å². The lowest BCUT2D eigenvalue weighted by molar-refractivity contribution is 0.414. The van der Waals surface area contributed by atoms with Crippen LogP contribution in [-0.4, -0.2) is 20.2 Å². The number of methoxy groups -OCH3 is 1. The molecule has 3 heteroatoms. The fraction of sp³-hybridized carbons (Fsp3) is 0.250. The van der Waals surface area contributed by atoms with Crippen molar-refractivity contribution in [1.82, 2.24) is 0 Å². The highest BCUT2D eigenvalue weighted by Crippen LogP contribution is 2.29. The van der Waals surface area contributed by atoms with Crippen molar-refractivity contribution in [3.63, 3.8) is 0 Å². The molecule has 1 aliphatic rings. The highest BCUT2D eigenvalue weighted by molar-refractivity contribution is 5.71. The Labute approximate surface area is 113 Å². The van der Waals surface area contributed by atoms with Crippen LogP contribution in [0, 0.1) is 0 Å². The molecule has 0 unspecified atom stereocenters. The zero-order chi connectivity index (χ0) is 13.1. The molecule has 2 aromatic carbocycles. The standard InChI is InChI=1S/C16H18N2O/c1-19-14-6-4-5-13(11-14)12-18-10-9-17-15-7-2-3-8-16(15)18/h2-8,11,17H,9-10,12H2,1H3. The van der Waals surface area contributed by atoms with Gasteiger partial charge < -0.3 is 15.0 Å². The summed E-state index contributed by atoms with van der Waals surface area (Å²) in [6.45, 7) is 2.92. The number of rotatable bonds is 3. The minimum absolute atomic E-state index is 0.913. The molecule has 3 rings (SSSR count). The molecule has 1 N–H and O–H groups in total. The van der Waals surface area contributed by atoms with Gasteiger partial charge in [-0.05, 0) is 29.8 Å². The first-order chi connectivity index (χ1) is 9.36. The van der Waals surface area contributed by atoms with E-state index in [0.717, 1.165) is 25.4 Å². The van der Waals surface area contributed by atoms with Gasteiger partial charge in [0, 0.05) is 19.6 Å². The molecule has 2 aromatic rings. The van der Waals surface area contributed by atoms with E-state index in [1.807, 2.05) is 12.1 Å². The third-order valence-electron chi connectivity index (χ3n) is 3.45. The Balaban J connectivity index is 1.84. The maximum atomic E-state index is 5.28. The Bertz CT molecular complexity index is 568. The fourth-order valence-electron chi connectivity index (χ4n) is 2.50. The number of fused-ring (bicyclic) bond motifs is 1. The number of hydrogen-bond acceptors (Lipinski definition) is 3. The van der Waals surface area contributed by atoms with Gasteiger partial charge in [0.15, 0.2) is 0 Å². The van der Waals surface area contributed by atoms with Crippen LogP contribution >= 0.6 is 0 Å². The van der Waals surface area contributed by atoms with E-state index in [2.05, 4.69) is 46.6 Å². The molecule has 0 bridgehead atoms. The van der Waals surface area contributed by atoms with E-state index in [1.165, 1.54) is 16.9 Å². The Morgan fingerprint density at radius 3 is 2.95 bits per heavy atom. The van der Waals surface area contributed by atoms with Crippen molar-refractivity contribution in [3.05, 3.63) is 54.1 Å². The van der Waals surface area contributed by atoms with E-state index < -0.39 is 0 Å². The molecular formula is C16H18N2O. The molecule has 98 valence electrons. The van der Waals surface area contributed by atoms with Crippen molar-refractivity contribution in [3.8, 4) is 5.75 Å². The van der Waals surface area contributed by atoms with Crippen LogP contribution in [0.25, 0.3) is 0 Å². The van der Waals surface area contributed by atoms with Gasteiger partial charge >= 0.3 is 0 Å². The zero-order valence-electron chi connectivity index (χ0n) is 11.1. The van der Waals surface area contributed by atoms with Gasteiger partial charge in [-0.1, -0.05) is 24.3 Å². The number of hydrogen-bond donors (Lipinski definition) is 1. The van der Waals surface area contributed by atoms with Gasteiger partial charge in [-0.15, -0.1) is 0 Å². The maximum Gasteiger partial charge on any atom is 0.119 e. The summed E-state index contributed by atoms with van der Waals surface area (Å²) in [5.74, 6) is 0.918. The maximum absolute atomic E-state index is 5.28. The first-order valence-corrected chi connectivity index (χ1v) is 6.57. The van der Waals surface area contributed by atoms with E-state index in [1.54, 1.807) is 7.11 Å². The summed E-state index contributed by atoms with van der Waals surface area (Å²) < 4.78 is 5.28. The molecule has 1 heterocycles. The molecule has 0 atom stereocenters. The molecule has 0 fully saturated rings. The first kappa shape index (κ1) is 11.9. The van der Waals surface area contributed by atoms with Crippen LogP contribution in [0.2, 0.25) is 0 Å². The number of nitrogens with one attached hydrogen (secondary N) is 1. The molecule has 0 amide bonds. The molecule has 0 spiro atoms. The van der Waals surface area contributed by atoms with Crippen LogP contribution in [-0.2, 0) is 6.54 Å². The molecule has 0 aromatic heterocycles. The van der Waals surface area contributed by atoms with Crippen LogP contribution in [0.3, 0.4) is 0 Å². The largest absolute Gasteiger partial charge is 0.497 e. The van der Waals surface area contributed by atoms with Crippen molar-refractivity contribution in [1.29, 1.82) is 0 Å². The predicted molar refractivity (Wildman–Crippen MR) is 79.0 cm³/mol. The average Bonchev–Trinajstić information content (AvgIpc) is 2.48. The second-order valence-corrected chi connectivity index (χ2v) is 4.72. The van der Waals surface area contributed by atoms with Gasteiger partial charge in [0.1, 0.15) is 5.75 Å². The average molecular weight is 254 g/mol. The highest BCUT2D eigenvalue weighted by atomic mass is 16.5. The minimum atomic E-state index is 0.913. The third kappa shape index (κ3) is 2.50. The third-order valence-corrected chi connectivity index (χ3v) is 3.45. The minimum Gasteiger partial charge on any atom is -0.497 e. The van der Waals surface area contributed by atoms with Crippen molar-refractivity contribution in [2.75, 3.05) is 30.4 Å². The second kappa shape index (κ2) is 5.22. The van der Waals surface area contributed by atoms with Gasteiger partial charge in [0.25, 0.3) is 0 Å². The molecule has 3 nitrogen and oxygen atoms in total. The smallest absolute Gasteiger partial charge is 0.119 e. The summed E-state index contributed by atoms with van der Waals surface area (Å²) in [6.07, 6.45) is 0. The Kier molecular flexibility index (Phi) is 3.27. The van der Waals surface area contributed by atoms with E-state index in [4.69, 9.17) is 4.74 Å². The second-order valence-electron chi connectivity index (χ2n) is 4.72. The summed E-state index contributed by atoms with van der Waals surface area (Å²) in [5.41, 5.74) is 3.77.